The van der Waals surface area contributed by atoms with Crippen LogP contribution >= 0.6 is 11.8 Å². The minimum atomic E-state index is -0.263. The second-order valence-electron chi connectivity index (χ2n) is 5.76. The standard InChI is InChI=1S/C18H20FNO2S/c1-23-12-15-8-9-17(22-15)18(21)20-10-3-2-7-16(20)13-5-4-6-14(19)11-13/h4-6,8-9,11,16H,2-3,7,10,12H2,1H3/t16-/m1/s1. The molecule has 0 N–H and O–H groups in total. The molecule has 0 unspecified atom stereocenters. The maximum absolute atomic E-state index is 13.5. The highest BCUT2D eigenvalue weighted by Gasteiger charge is 2.30. The zero-order valence-electron chi connectivity index (χ0n) is 13.1. The monoisotopic (exact) mass is 333 g/mol. The number of rotatable bonds is 4. The van der Waals surface area contributed by atoms with Crippen molar-refractivity contribution >= 4 is 17.7 Å². The normalized spacial score (nSPS) is 18.2. The van der Waals surface area contributed by atoms with Crippen molar-refractivity contribution in [3.8, 4) is 0 Å². The van der Waals surface area contributed by atoms with Gasteiger partial charge in [-0.2, -0.15) is 11.8 Å². The highest BCUT2D eigenvalue weighted by molar-refractivity contribution is 7.97. The first-order valence-corrected chi connectivity index (χ1v) is 9.22. The average molecular weight is 333 g/mol. The van der Waals surface area contributed by atoms with Gasteiger partial charge in [0, 0.05) is 6.54 Å². The van der Waals surface area contributed by atoms with E-state index in [1.807, 2.05) is 23.3 Å². The molecule has 1 fully saturated rings. The lowest BCUT2D eigenvalue weighted by molar-refractivity contribution is 0.0577. The van der Waals surface area contributed by atoms with E-state index < -0.39 is 0 Å². The van der Waals surface area contributed by atoms with Gasteiger partial charge < -0.3 is 9.32 Å². The minimum absolute atomic E-state index is 0.0824. The van der Waals surface area contributed by atoms with Gasteiger partial charge in [-0.25, -0.2) is 4.39 Å². The van der Waals surface area contributed by atoms with Crippen molar-refractivity contribution in [1.29, 1.82) is 0 Å². The first-order valence-electron chi connectivity index (χ1n) is 7.83. The van der Waals surface area contributed by atoms with E-state index in [1.54, 1.807) is 23.9 Å². The third-order valence-electron chi connectivity index (χ3n) is 4.16. The van der Waals surface area contributed by atoms with Gasteiger partial charge in [-0.1, -0.05) is 12.1 Å². The van der Waals surface area contributed by atoms with Crippen molar-refractivity contribution in [3.63, 3.8) is 0 Å². The third kappa shape index (κ3) is 3.61. The molecule has 0 bridgehead atoms. The number of furan rings is 1. The molecule has 2 heterocycles. The predicted octanol–water partition coefficient (Wildman–Crippen LogP) is 4.65. The van der Waals surface area contributed by atoms with Crippen LogP contribution < -0.4 is 0 Å². The SMILES string of the molecule is CSCc1ccc(C(=O)N2CCCC[C@@H]2c2cccc(F)c2)o1. The molecule has 1 saturated heterocycles. The van der Waals surface area contributed by atoms with Crippen LogP contribution in [-0.4, -0.2) is 23.6 Å². The number of hydrogen-bond acceptors (Lipinski definition) is 3. The van der Waals surface area contributed by atoms with Gasteiger partial charge in [0.25, 0.3) is 5.91 Å². The van der Waals surface area contributed by atoms with E-state index in [9.17, 15) is 9.18 Å². The molecule has 0 saturated carbocycles. The van der Waals surface area contributed by atoms with E-state index in [0.29, 0.717) is 12.3 Å². The Kier molecular flexibility index (Phi) is 5.06. The Hall–Kier alpha value is -1.75. The number of nitrogens with zero attached hydrogens (tertiary/aromatic N) is 1. The Morgan fingerprint density at radius 1 is 1.35 bits per heavy atom. The lowest BCUT2D eigenvalue weighted by Gasteiger charge is -2.35. The predicted molar refractivity (Wildman–Crippen MR) is 90.0 cm³/mol. The van der Waals surface area contributed by atoms with Crippen LogP contribution in [0.4, 0.5) is 4.39 Å². The molecular formula is C18H20FNO2S. The van der Waals surface area contributed by atoms with Gasteiger partial charge in [0.05, 0.1) is 11.8 Å². The first-order chi connectivity index (χ1) is 11.2. The number of hydrogen-bond donors (Lipinski definition) is 0. The summed E-state index contributed by atoms with van der Waals surface area (Å²) in [7, 11) is 0. The molecule has 1 aliphatic rings. The number of benzene rings is 1. The van der Waals surface area contributed by atoms with Crippen LogP contribution in [0.25, 0.3) is 0 Å². The van der Waals surface area contributed by atoms with Crippen LogP contribution in [0.5, 0.6) is 0 Å². The van der Waals surface area contributed by atoms with E-state index in [-0.39, 0.29) is 17.8 Å². The second-order valence-corrected chi connectivity index (χ2v) is 6.63. The first kappa shape index (κ1) is 16.1. The van der Waals surface area contributed by atoms with Crippen molar-refractivity contribution < 1.29 is 13.6 Å². The summed E-state index contributed by atoms with van der Waals surface area (Å²) in [5.41, 5.74) is 0.856. The Bertz CT molecular complexity index is 685. The summed E-state index contributed by atoms with van der Waals surface area (Å²) in [4.78, 5) is 14.6. The quantitative estimate of drug-likeness (QED) is 0.816. The number of piperidine rings is 1. The van der Waals surface area contributed by atoms with Gasteiger partial charge in [-0.3, -0.25) is 4.79 Å². The zero-order chi connectivity index (χ0) is 16.2. The largest absolute Gasteiger partial charge is 0.455 e. The summed E-state index contributed by atoms with van der Waals surface area (Å²) in [6.45, 7) is 0.679. The van der Waals surface area contributed by atoms with Gasteiger partial charge in [0.2, 0.25) is 0 Å². The van der Waals surface area contributed by atoms with Gasteiger partial charge >= 0.3 is 0 Å². The van der Waals surface area contributed by atoms with Gasteiger partial charge in [0.1, 0.15) is 11.6 Å². The van der Waals surface area contributed by atoms with E-state index in [0.717, 1.165) is 36.3 Å². The molecule has 1 aromatic carbocycles. The fourth-order valence-corrected chi connectivity index (χ4v) is 3.53. The summed E-state index contributed by atoms with van der Waals surface area (Å²) in [6, 6.07) is 10.1. The molecule has 3 nitrogen and oxygen atoms in total. The maximum atomic E-state index is 13.5. The van der Waals surface area contributed by atoms with Crippen LogP contribution in [0.15, 0.2) is 40.8 Å². The Morgan fingerprint density at radius 3 is 3.00 bits per heavy atom. The topological polar surface area (TPSA) is 33.5 Å². The van der Waals surface area contributed by atoms with Crippen molar-refractivity contribution in [3.05, 3.63) is 59.3 Å². The van der Waals surface area contributed by atoms with E-state index in [1.165, 1.54) is 12.1 Å². The van der Waals surface area contributed by atoms with Crippen molar-refractivity contribution in [2.75, 3.05) is 12.8 Å². The van der Waals surface area contributed by atoms with E-state index in [2.05, 4.69) is 0 Å². The van der Waals surface area contributed by atoms with E-state index in [4.69, 9.17) is 4.42 Å². The number of halogens is 1. The molecule has 1 atom stereocenters. The lowest BCUT2D eigenvalue weighted by atomic mass is 9.95. The molecular weight excluding hydrogens is 313 g/mol. The Labute approximate surface area is 139 Å². The van der Waals surface area contributed by atoms with Crippen LogP contribution in [-0.2, 0) is 5.75 Å². The van der Waals surface area contributed by atoms with Gasteiger partial charge in [0.15, 0.2) is 5.76 Å². The van der Waals surface area contributed by atoms with Gasteiger partial charge in [-0.15, -0.1) is 0 Å². The summed E-state index contributed by atoms with van der Waals surface area (Å²) in [5.74, 6) is 1.56. The second kappa shape index (κ2) is 7.21. The van der Waals surface area contributed by atoms with Crippen LogP contribution in [0, 0.1) is 5.82 Å². The van der Waals surface area contributed by atoms with E-state index >= 15 is 0 Å². The van der Waals surface area contributed by atoms with Crippen LogP contribution in [0.2, 0.25) is 0 Å². The van der Waals surface area contributed by atoms with Gasteiger partial charge in [-0.05, 0) is 55.3 Å². The number of likely N-dealkylation sites (tertiary alicyclic amines) is 1. The molecule has 2 aromatic rings. The molecule has 23 heavy (non-hydrogen) atoms. The average Bonchev–Trinajstić information content (AvgIpc) is 3.03. The van der Waals surface area contributed by atoms with Crippen molar-refractivity contribution in [1.82, 2.24) is 4.90 Å². The molecule has 1 aromatic heterocycles. The summed E-state index contributed by atoms with van der Waals surface area (Å²) in [6.07, 6.45) is 4.86. The molecule has 3 rings (SSSR count). The number of thioether (sulfide) groups is 1. The molecule has 0 radical (unpaired) electrons. The number of carbonyl (C=O) groups excluding carboxylic acids is 1. The Balaban J connectivity index is 1.84. The van der Waals surface area contributed by atoms with Crippen LogP contribution in [0.1, 0.15) is 47.2 Å². The minimum Gasteiger partial charge on any atom is -0.455 e. The number of carbonyl (C=O) groups is 1. The zero-order valence-corrected chi connectivity index (χ0v) is 13.9. The van der Waals surface area contributed by atoms with Crippen molar-refractivity contribution in [2.45, 2.75) is 31.1 Å². The molecule has 122 valence electrons. The summed E-state index contributed by atoms with van der Waals surface area (Å²) in [5, 5.41) is 0. The molecule has 0 aliphatic carbocycles. The molecule has 1 amide bonds. The number of amides is 1. The fraction of sp³-hybridized carbons (Fsp3) is 0.389. The maximum Gasteiger partial charge on any atom is 0.290 e. The highest BCUT2D eigenvalue weighted by Crippen LogP contribution is 2.32. The van der Waals surface area contributed by atoms with Crippen LogP contribution in [0.3, 0.4) is 0 Å². The summed E-state index contributed by atoms with van der Waals surface area (Å²) < 4.78 is 19.2. The summed E-state index contributed by atoms with van der Waals surface area (Å²) >= 11 is 1.65. The highest BCUT2D eigenvalue weighted by atomic mass is 32.2. The lowest BCUT2D eigenvalue weighted by Crippen LogP contribution is -2.38. The fourth-order valence-electron chi connectivity index (χ4n) is 3.09. The Morgan fingerprint density at radius 2 is 2.22 bits per heavy atom. The third-order valence-corrected chi connectivity index (χ3v) is 4.73. The smallest absolute Gasteiger partial charge is 0.290 e. The molecule has 5 heteroatoms. The molecule has 1 aliphatic heterocycles. The van der Waals surface area contributed by atoms with Crippen molar-refractivity contribution in [2.24, 2.45) is 0 Å². The molecule has 0 spiro atoms.